The minimum absolute atomic E-state index is 0.0515. The van der Waals surface area contributed by atoms with E-state index in [4.69, 9.17) is 0 Å². The summed E-state index contributed by atoms with van der Waals surface area (Å²) in [5.41, 5.74) is 2.55. The maximum atomic E-state index is 13.7. The number of carbonyl (C=O) groups excluding carboxylic acids is 2. The van der Waals surface area contributed by atoms with Crippen molar-refractivity contribution in [1.29, 1.82) is 0 Å². The summed E-state index contributed by atoms with van der Waals surface area (Å²) in [6, 6.07) is 15.1. The first-order valence-corrected chi connectivity index (χ1v) is 15.1. The molecular formula is C23H24N2O5S4. The standard InChI is InChI=1S/C23H24N2O5S4/c1-31-17-6-4-16(5-7-17)18-8-9-20(33-18)23(15-21(26)24-28)10-11-25(12-14-34(23,29)30)22(27)19-3-2-13-32-19/h2-9,13,28H,10-12,14-15H2,1H3,(H,24,26). The van der Waals surface area contributed by atoms with Gasteiger partial charge in [0.05, 0.1) is 17.1 Å². The Kier molecular flexibility index (Phi) is 7.48. The van der Waals surface area contributed by atoms with Crippen LogP contribution in [0.15, 0.2) is 58.8 Å². The molecule has 34 heavy (non-hydrogen) atoms. The SMILES string of the molecule is CSc1ccc(-c2ccc(C3(CC(=O)NO)CCN(C(=O)c4cccs4)CCS3(=O)=O)s2)cc1. The van der Waals surface area contributed by atoms with E-state index >= 15 is 0 Å². The Morgan fingerprint density at radius 3 is 2.56 bits per heavy atom. The monoisotopic (exact) mass is 536 g/mol. The molecule has 11 heteroatoms. The lowest BCUT2D eigenvalue weighted by Gasteiger charge is -2.30. The molecule has 1 atom stereocenters. The van der Waals surface area contributed by atoms with Gasteiger partial charge in [0.25, 0.3) is 5.91 Å². The highest BCUT2D eigenvalue weighted by Gasteiger charge is 2.50. The lowest BCUT2D eigenvalue weighted by Crippen LogP contribution is -2.41. The van der Waals surface area contributed by atoms with Gasteiger partial charge in [0.15, 0.2) is 9.84 Å². The highest BCUT2D eigenvalue weighted by molar-refractivity contribution is 7.98. The first-order chi connectivity index (χ1) is 16.3. The average Bonchev–Trinajstić information content (AvgIpc) is 3.53. The second kappa shape index (κ2) is 10.2. The van der Waals surface area contributed by atoms with Crippen molar-refractivity contribution in [2.75, 3.05) is 25.1 Å². The van der Waals surface area contributed by atoms with E-state index in [9.17, 15) is 23.2 Å². The molecule has 2 amide bonds. The van der Waals surface area contributed by atoms with Crippen LogP contribution in [0.25, 0.3) is 10.4 Å². The van der Waals surface area contributed by atoms with Gasteiger partial charge in [-0.05, 0) is 54.0 Å². The molecule has 0 aliphatic carbocycles. The summed E-state index contributed by atoms with van der Waals surface area (Å²) in [7, 11) is -3.85. The van der Waals surface area contributed by atoms with Crippen LogP contribution in [0, 0.1) is 0 Å². The molecule has 1 aliphatic rings. The van der Waals surface area contributed by atoms with Crippen molar-refractivity contribution in [2.24, 2.45) is 0 Å². The molecule has 7 nitrogen and oxygen atoms in total. The van der Waals surface area contributed by atoms with E-state index in [2.05, 4.69) is 0 Å². The largest absolute Gasteiger partial charge is 0.337 e. The van der Waals surface area contributed by atoms with E-state index in [1.807, 2.05) is 36.6 Å². The molecule has 4 rings (SSSR count). The first-order valence-electron chi connectivity index (χ1n) is 10.5. The molecule has 1 unspecified atom stereocenters. The average molecular weight is 537 g/mol. The predicted molar refractivity (Wildman–Crippen MR) is 136 cm³/mol. The fraction of sp³-hybridized carbons (Fsp3) is 0.304. The summed E-state index contributed by atoms with van der Waals surface area (Å²) in [5, 5.41) is 11.0. The molecule has 0 saturated carbocycles. The Bertz CT molecular complexity index is 1270. The van der Waals surface area contributed by atoms with Crippen molar-refractivity contribution in [3.63, 3.8) is 0 Å². The van der Waals surface area contributed by atoms with Crippen LogP contribution in [-0.2, 0) is 19.4 Å². The number of hydrogen-bond acceptors (Lipinski definition) is 8. The van der Waals surface area contributed by atoms with Crippen LogP contribution >= 0.6 is 34.4 Å². The highest BCUT2D eigenvalue weighted by Crippen LogP contribution is 2.45. The minimum atomic E-state index is -3.85. The van der Waals surface area contributed by atoms with Gasteiger partial charge in [0.2, 0.25) is 5.91 Å². The number of nitrogens with zero attached hydrogens (tertiary/aromatic N) is 1. The number of hydrogen-bond donors (Lipinski definition) is 2. The molecule has 1 aliphatic heterocycles. The Balaban J connectivity index is 1.72. The van der Waals surface area contributed by atoms with Crippen LogP contribution in [0.3, 0.4) is 0 Å². The number of thiophene rings is 2. The van der Waals surface area contributed by atoms with Crippen LogP contribution < -0.4 is 5.48 Å². The number of benzene rings is 1. The van der Waals surface area contributed by atoms with Crippen LogP contribution in [0.1, 0.15) is 27.4 Å². The van der Waals surface area contributed by atoms with E-state index in [1.54, 1.807) is 40.8 Å². The number of nitrogens with one attached hydrogen (secondary N) is 1. The maximum absolute atomic E-state index is 13.7. The zero-order valence-electron chi connectivity index (χ0n) is 18.4. The summed E-state index contributed by atoms with van der Waals surface area (Å²) in [4.78, 5) is 29.8. The molecule has 3 aromatic rings. The van der Waals surface area contributed by atoms with Gasteiger partial charge in [-0.25, -0.2) is 13.9 Å². The van der Waals surface area contributed by atoms with Gasteiger partial charge in [-0.3, -0.25) is 14.8 Å². The second-order valence-corrected chi connectivity index (χ2v) is 13.3. The predicted octanol–water partition coefficient (Wildman–Crippen LogP) is 4.25. The zero-order valence-corrected chi connectivity index (χ0v) is 21.7. The lowest BCUT2D eigenvalue weighted by atomic mass is 9.97. The third-order valence-electron chi connectivity index (χ3n) is 6.03. The fourth-order valence-corrected chi connectivity index (χ4v) is 8.83. The number of carbonyl (C=O) groups is 2. The maximum Gasteiger partial charge on any atom is 0.263 e. The molecule has 0 radical (unpaired) electrons. The van der Waals surface area contributed by atoms with Gasteiger partial charge in [0.1, 0.15) is 4.75 Å². The van der Waals surface area contributed by atoms with Crippen molar-refractivity contribution in [3.05, 3.63) is 63.7 Å². The zero-order chi connectivity index (χ0) is 24.3. The molecular weight excluding hydrogens is 513 g/mol. The third-order valence-corrected chi connectivity index (χ3v) is 11.6. The summed E-state index contributed by atoms with van der Waals surface area (Å²) in [6.07, 6.45) is 1.64. The molecule has 0 spiro atoms. The first kappa shape index (κ1) is 24.9. The molecule has 1 aromatic carbocycles. The molecule has 2 aromatic heterocycles. The van der Waals surface area contributed by atoms with E-state index in [1.165, 1.54) is 27.6 Å². The third kappa shape index (κ3) is 4.80. The van der Waals surface area contributed by atoms with Crippen molar-refractivity contribution >= 4 is 56.1 Å². The van der Waals surface area contributed by atoms with Crippen molar-refractivity contribution in [3.8, 4) is 10.4 Å². The number of thioether (sulfide) groups is 1. The van der Waals surface area contributed by atoms with Gasteiger partial charge in [0, 0.05) is 27.7 Å². The van der Waals surface area contributed by atoms with Gasteiger partial charge >= 0.3 is 0 Å². The summed E-state index contributed by atoms with van der Waals surface area (Å²) in [5.74, 6) is -1.26. The quantitative estimate of drug-likeness (QED) is 0.277. The summed E-state index contributed by atoms with van der Waals surface area (Å²) < 4.78 is 25.8. The van der Waals surface area contributed by atoms with Crippen molar-refractivity contribution < 1.29 is 23.2 Å². The number of amides is 2. The molecule has 1 fully saturated rings. The summed E-state index contributed by atoms with van der Waals surface area (Å²) >= 11 is 4.27. The molecule has 1 saturated heterocycles. The van der Waals surface area contributed by atoms with E-state index in [0.29, 0.717) is 9.75 Å². The van der Waals surface area contributed by atoms with Crippen molar-refractivity contribution in [2.45, 2.75) is 22.5 Å². The Morgan fingerprint density at radius 1 is 1.15 bits per heavy atom. The summed E-state index contributed by atoms with van der Waals surface area (Å²) in [6.45, 7) is 0.236. The molecule has 0 bridgehead atoms. The van der Waals surface area contributed by atoms with E-state index in [-0.39, 0.29) is 31.2 Å². The minimum Gasteiger partial charge on any atom is -0.337 e. The number of sulfone groups is 1. The Morgan fingerprint density at radius 2 is 1.91 bits per heavy atom. The van der Waals surface area contributed by atoms with Crippen LogP contribution in [0.5, 0.6) is 0 Å². The molecule has 180 valence electrons. The molecule has 2 N–H and O–H groups in total. The highest BCUT2D eigenvalue weighted by atomic mass is 32.2. The normalized spacial score (nSPS) is 20.0. The topological polar surface area (TPSA) is 104 Å². The van der Waals surface area contributed by atoms with Gasteiger partial charge < -0.3 is 4.90 Å². The van der Waals surface area contributed by atoms with E-state index < -0.39 is 26.9 Å². The van der Waals surface area contributed by atoms with Gasteiger partial charge in [-0.1, -0.05) is 18.2 Å². The lowest BCUT2D eigenvalue weighted by molar-refractivity contribution is -0.129. The van der Waals surface area contributed by atoms with Crippen molar-refractivity contribution in [1.82, 2.24) is 10.4 Å². The number of hydroxylamine groups is 1. The van der Waals surface area contributed by atoms with E-state index in [0.717, 1.165) is 15.3 Å². The Labute approximate surface area is 210 Å². The molecule has 3 heterocycles. The number of rotatable bonds is 6. The van der Waals surface area contributed by atoms with Gasteiger partial charge in [-0.2, -0.15) is 0 Å². The van der Waals surface area contributed by atoms with Gasteiger partial charge in [-0.15, -0.1) is 34.4 Å². The van der Waals surface area contributed by atoms with Crippen LogP contribution in [0.2, 0.25) is 0 Å². The second-order valence-electron chi connectivity index (χ2n) is 7.94. The Hall–Kier alpha value is -2.18. The fourth-order valence-electron chi connectivity index (χ4n) is 4.12. The van der Waals surface area contributed by atoms with Crippen LogP contribution in [-0.4, -0.2) is 55.4 Å². The van der Waals surface area contributed by atoms with Crippen LogP contribution in [0.4, 0.5) is 0 Å². The smallest absolute Gasteiger partial charge is 0.263 e.